The van der Waals surface area contributed by atoms with Crippen LogP contribution in [0.25, 0.3) is 0 Å². The highest BCUT2D eigenvalue weighted by atomic mass is 19.4. The van der Waals surface area contributed by atoms with Crippen molar-refractivity contribution in [3.8, 4) is 0 Å². The molecular formula is C14H16F3N3O2. The number of hydrogen-bond donors (Lipinski definition) is 1. The van der Waals surface area contributed by atoms with E-state index in [0.717, 1.165) is 4.90 Å². The zero-order chi connectivity index (χ0) is 16.3. The Morgan fingerprint density at radius 3 is 2.64 bits per heavy atom. The first-order valence-electron chi connectivity index (χ1n) is 6.84. The molecule has 8 heteroatoms. The number of piperidine rings is 1. The number of nitrogens with zero attached hydrogens (tertiary/aromatic N) is 2. The fourth-order valence-electron chi connectivity index (χ4n) is 2.60. The second kappa shape index (κ2) is 6.33. The van der Waals surface area contributed by atoms with Crippen LogP contribution in [0.15, 0.2) is 24.5 Å². The zero-order valence-corrected chi connectivity index (χ0v) is 11.9. The van der Waals surface area contributed by atoms with Crippen molar-refractivity contribution in [3.05, 3.63) is 30.1 Å². The molecule has 5 nitrogen and oxygen atoms in total. The minimum absolute atomic E-state index is 0.0974. The second-order valence-corrected chi connectivity index (χ2v) is 5.23. The molecular weight excluding hydrogens is 299 g/mol. The Labute approximate surface area is 125 Å². The van der Waals surface area contributed by atoms with E-state index in [1.54, 1.807) is 0 Å². The maximum Gasteiger partial charge on any atom is 0.408 e. The fourth-order valence-corrected chi connectivity index (χ4v) is 2.60. The largest absolute Gasteiger partial charge is 0.408 e. The standard InChI is InChI=1S/C14H16F3N3O2/c1-9(21)19-11-4-5-12(14(15,16)17)20(8-11)13(22)10-3-2-6-18-7-10/h2-3,6-7,11-12H,4-5,8H2,1H3,(H,19,21)/t11-,12-/m1/s1. The molecule has 1 aliphatic rings. The lowest BCUT2D eigenvalue weighted by atomic mass is 9.96. The zero-order valence-electron chi connectivity index (χ0n) is 11.9. The predicted octanol–water partition coefficient (Wildman–Crippen LogP) is 1.75. The summed E-state index contributed by atoms with van der Waals surface area (Å²) < 4.78 is 39.5. The number of nitrogens with one attached hydrogen (secondary N) is 1. The molecule has 1 saturated heterocycles. The number of pyridine rings is 1. The molecule has 0 saturated carbocycles. The van der Waals surface area contributed by atoms with Crippen molar-refractivity contribution in [1.29, 1.82) is 0 Å². The summed E-state index contributed by atoms with van der Waals surface area (Å²) in [5.41, 5.74) is 0.0974. The van der Waals surface area contributed by atoms with Crippen LogP contribution in [0.1, 0.15) is 30.1 Å². The Morgan fingerprint density at radius 2 is 2.09 bits per heavy atom. The van der Waals surface area contributed by atoms with Gasteiger partial charge in [0.05, 0.1) is 5.56 Å². The van der Waals surface area contributed by atoms with Gasteiger partial charge in [0.15, 0.2) is 0 Å². The summed E-state index contributed by atoms with van der Waals surface area (Å²) in [5, 5.41) is 2.57. The van der Waals surface area contributed by atoms with E-state index in [9.17, 15) is 22.8 Å². The maximum atomic E-state index is 13.2. The van der Waals surface area contributed by atoms with Crippen LogP contribution >= 0.6 is 0 Å². The maximum absolute atomic E-state index is 13.2. The van der Waals surface area contributed by atoms with Crippen molar-refractivity contribution in [3.63, 3.8) is 0 Å². The number of rotatable bonds is 2. The van der Waals surface area contributed by atoms with Crippen LogP contribution in [0.5, 0.6) is 0 Å². The molecule has 0 aliphatic carbocycles. The van der Waals surface area contributed by atoms with Gasteiger partial charge in [-0.1, -0.05) is 0 Å². The third-order valence-electron chi connectivity index (χ3n) is 3.54. The van der Waals surface area contributed by atoms with Crippen molar-refractivity contribution in [2.75, 3.05) is 6.54 Å². The summed E-state index contributed by atoms with van der Waals surface area (Å²) in [6.45, 7) is 1.13. The van der Waals surface area contributed by atoms with Crippen molar-refractivity contribution < 1.29 is 22.8 Å². The van der Waals surface area contributed by atoms with E-state index in [1.165, 1.54) is 31.5 Å². The minimum atomic E-state index is -4.50. The van der Waals surface area contributed by atoms with E-state index in [1.807, 2.05) is 0 Å². The van der Waals surface area contributed by atoms with Gasteiger partial charge in [0.25, 0.3) is 5.91 Å². The number of amides is 2. The van der Waals surface area contributed by atoms with Crippen LogP contribution in [0, 0.1) is 0 Å². The number of aromatic nitrogens is 1. The number of hydrogen-bond acceptors (Lipinski definition) is 3. The van der Waals surface area contributed by atoms with Crippen molar-refractivity contribution in [1.82, 2.24) is 15.2 Å². The van der Waals surface area contributed by atoms with E-state index in [0.29, 0.717) is 0 Å². The van der Waals surface area contributed by atoms with Crippen LogP contribution in [0.4, 0.5) is 13.2 Å². The van der Waals surface area contributed by atoms with Gasteiger partial charge in [-0.3, -0.25) is 14.6 Å². The summed E-state index contributed by atoms with van der Waals surface area (Å²) in [6.07, 6.45) is -1.88. The summed E-state index contributed by atoms with van der Waals surface area (Å²) in [6, 6.07) is 0.595. The quantitative estimate of drug-likeness (QED) is 0.904. The topological polar surface area (TPSA) is 62.3 Å². The number of carbonyl (C=O) groups is 2. The molecule has 1 fully saturated rings. The molecule has 0 spiro atoms. The lowest BCUT2D eigenvalue weighted by Crippen LogP contribution is -2.58. The molecule has 0 radical (unpaired) electrons. The third-order valence-corrected chi connectivity index (χ3v) is 3.54. The highest BCUT2D eigenvalue weighted by Crippen LogP contribution is 2.32. The van der Waals surface area contributed by atoms with Gasteiger partial charge < -0.3 is 10.2 Å². The number of carbonyl (C=O) groups excluding carboxylic acids is 2. The molecule has 1 aromatic heterocycles. The van der Waals surface area contributed by atoms with Crippen LogP contribution < -0.4 is 5.32 Å². The Balaban J connectivity index is 2.23. The van der Waals surface area contributed by atoms with Gasteiger partial charge in [0.1, 0.15) is 6.04 Å². The first kappa shape index (κ1) is 16.3. The van der Waals surface area contributed by atoms with E-state index in [-0.39, 0.29) is 30.9 Å². The Bertz CT molecular complexity index is 548. The normalized spacial score (nSPS) is 22.3. The van der Waals surface area contributed by atoms with Gasteiger partial charge >= 0.3 is 6.18 Å². The van der Waals surface area contributed by atoms with E-state index in [2.05, 4.69) is 10.3 Å². The van der Waals surface area contributed by atoms with Gasteiger partial charge in [0.2, 0.25) is 5.91 Å². The highest BCUT2D eigenvalue weighted by Gasteiger charge is 2.48. The van der Waals surface area contributed by atoms with Crippen molar-refractivity contribution in [2.45, 2.75) is 38.0 Å². The van der Waals surface area contributed by atoms with E-state index in [4.69, 9.17) is 0 Å². The third kappa shape index (κ3) is 3.75. The van der Waals surface area contributed by atoms with Crippen LogP contribution in [-0.2, 0) is 4.79 Å². The van der Waals surface area contributed by atoms with Crippen LogP contribution in [-0.4, -0.2) is 46.5 Å². The predicted molar refractivity (Wildman–Crippen MR) is 72.0 cm³/mol. The second-order valence-electron chi connectivity index (χ2n) is 5.23. The van der Waals surface area contributed by atoms with Crippen molar-refractivity contribution >= 4 is 11.8 Å². The molecule has 2 heterocycles. The van der Waals surface area contributed by atoms with Gasteiger partial charge in [-0.2, -0.15) is 13.2 Å². The average Bonchev–Trinajstić information content (AvgIpc) is 2.45. The van der Waals surface area contributed by atoms with Gasteiger partial charge in [0, 0.05) is 31.9 Å². The lowest BCUT2D eigenvalue weighted by molar-refractivity contribution is -0.184. The Hall–Kier alpha value is -2.12. The minimum Gasteiger partial charge on any atom is -0.352 e. The van der Waals surface area contributed by atoms with Crippen LogP contribution in [0.3, 0.4) is 0 Å². The van der Waals surface area contributed by atoms with Gasteiger partial charge in [-0.15, -0.1) is 0 Å². The van der Waals surface area contributed by atoms with Gasteiger partial charge in [-0.05, 0) is 25.0 Å². The Morgan fingerprint density at radius 1 is 1.36 bits per heavy atom. The molecule has 0 bridgehead atoms. The molecule has 0 aromatic carbocycles. The SMILES string of the molecule is CC(=O)N[C@@H]1CC[C@H](C(F)(F)F)N(C(=O)c2cccnc2)C1. The average molecular weight is 315 g/mol. The first-order chi connectivity index (χ1) is 10.3. The summed E-state index contributed by atoms with van der Waals surface area (Å²) >= 11 is 0. The molecule has 1 aliphatic heterocycles. The lowest BCUT2D eigenvalue weighted by Gasteiger charge is -2.40. The monoisotopic (exact) mass is 315 g/mol. The molecule has 0 unspecified atom stereocenters. The number of likely N-dealkylation sites (tertiary alicyclic amines) is 1. The molecule has 22 heavy (non-hydrogen) atoms. The first-order valence-corrected chi connectivity index (χ1v) is 6.84. The molecule has 1 N–H and O–H groups in total. The fraction of sp³-hybridized carbons (Fsp3) is 0.500. The number of halogens is 3. The molecule has 120 valence electrons. The van der Waals surface area contributed by atoms with Crippen LogP contribution in [0.2, 0.25) is 0 Å². The Kier molecular flexibility index (Phi) is 4.68. The highest BCUT2D eigenvalue weighted by molar-refractivity contribution is 5.94. The molecule has 1 aromatic rings. The summed E-state index contributed by atoms with van der Waals surface area (Å²) in [7, 11) is 0. The van der Waals surface area contributed by atoms with E-state index < -0.39 is 24.2 Å². The summed E-state index contributed by atoms with van der Waals surface area (Å²) in [5.74, 6) is -1.06. The molecule has 2 rings (SSSR count). The smallest absolute Gasteiger partial charge is 0.352 e. The molecule has 2 atom stereocenters. The number of alkyl halides is 3. The van der Waals surface area contributed by atoms with Gasteiger partial charge in [-0.25, -0.2) is 0 Å². The van der Waals surface area contributed by atoms with Crippen molar-refractivity contribution in [2.24, 2.45) is 0 Å². The summed E-state index contributed by atoms with van der Waals surface area (Å²) in [4.78, 5) is 28.0. The van der Waals surface area contributed by atoms with E-state index >= 15 is 0 Å². The molecule has 2 amide bonds.